The summed E-state index contributed by atoms with van der Waals surface area (Å²) >= 11 is 7.52. The lowest BCUT2D eigenvalue weighted by Gasteiger charge is -2.24. The number of carboxylic acid groups (broad SMARTS) is 1. The molecule has 0 saturated carbocycles. The molecule has 0 rings (SSSR count). The number of aliphatic carboxylic acids is 1. The summed E-state index contributed by atoms with van der Waals surface area (Å²) in [5.74, 6) is -0.566. The van der Waals surface area contributed by atoms with E-state index in [0.29, 0.717) is 15.7 Å². The lowest BCUT2D eigenvalue weighted by atomic mass is 10.1. The van der Waals surface area contributed by atoms with Crippen LogP contribution in [0.5, 0.6) is 0 Å². The van der Waals surface area contributed by atoms with Crippen LogP contribution in [0.15, 0.2) is 0 Å². The van der Waals surface area contributed by atoms with Crippen LogP contribution in [0, 0.1) is 10.6 Å². The SMILES string of the molecule is CC(C=N)(CCC(=O)O)SC(=S)SCCN([O-])O. The highest BCUT2D eigenvalue weighted by atomic mass is 32.2. The molecule has 0 fully saturated rings. The standard InChI is InChI=1S/C9H15N2O4S3/c1-9(6-10,3-2-7(12)13)18-8(16)17-5-4-11(14)15/h6,10,14H,2-5H2,1H3,(H,12,13)/q-1. The second-order valence-electron chi connectivity index (χ2n) is 3.63. The smallest absolute Gasteiger partial charge is 0.303 e. The van der Waals surface area contributed by atoms with Crippen molar-refractivity contribution in [2.24, 2.45) is 0 Å². The molecule has 0 heterocycles. The first-order valence-corrected chi connectivity index (χ1v) is 7.23. The minimum atomic E-state index is -0.912. The molecular weight excluding hydrogens is 296 g/mol. The molecule has 0 bridgehead atoms. The van der Waals surface area contributed by atoms with Crippen molar-refractivity contribution in [2.45, 2.75) is 24.5 Å². The molecule has 6 nitrogen and oxygen atoms in total. The Morgan fingerprint density at radius 1 is 1.67 bits per heavy atom. The van der Waals surface area contributed by atoms with Crippen LogP contribution in [0.2, 0.25) is 0 Å². The second kappa shape index (κ2) is 8.83. The van der Waals surface area contributed by atoms with Crippen molar-refractivity contribution in [1.82, 2.24) is 5.23 Å². The average molecular weight is 311 g/mol. The van der Waals surface area contributed by atoms with E-state index < -0.39 is 10.7 Å². The fourth-order valence-electron chi connectivity index (χ4n) is 0.935. The minimum absolute atomic E-state index is 0.0306. The molecule has 1 atom stereocenters. The van der Waals surface area contributed by atoms with Crippen molar-refractivity contribution in [1.29, 1.82) is 5.41 Å². The number of carboxylic acids is 1. The molecule has 0 aliphatic rings. The molecule has 0 aliphatic carbocycles. The molecule has 1 unspecified atom stereocenters. The van der Waals surface area contributed by atoms with Crippen LogP contribution in [0.4, 0.5) is 0 Å². The van der Waals surface area contributed by atoms with E-state index in [4.69, 9.17) is 27.9 Å². The topological polar surface area (TPSA) is 108 Å². The summed E-state index contributed by atoms with van der Waals surface area (Å²) in [5, 5.41) is 34.4. The Balaban J connectivity index is 4.13. The Bertz CT molecular complexity index is 314. The predicted octanol–water partition coefficient (Wildman–Crippen LogP) is 2.20. The molecule has 0 aromatic rings. The highest BCUT2D eigenvalue weighted by molar-refractivity contribution is 8.47. The van der Waals surface area contributed by atoms with Gasteiger partial charge in [-0.3, -0.25) is 10.0 Å². The van der Waals surface area contributed by atoms with E-state index in [9.17, 15) is 10.0 Å². The van der Waals surface area contributed by atoms with Gasteiger partial charge in [-0.15, -0.1) is 11.8 Å². The molecule has 0 saturated heterocycles. The molecule has 3 N–H and O–H groups in total. The van der Waals surface area contributed by atoms with Gasteiger partial charge in [0.1, 0.15) is 3.53 Å². The Kier molecular flexibility index (Phi) is 8.74. The van der Waals surface area contributed by atoms with Gasteiger partial charge in [0.15, 0.2) is 0 Å². The zero-order chi connectivity index (χ0) is 14.2. The zero-order valence-corrected chi connectivity index (χ0v) is 12.2. The fourth-order valence-corrected chi connectivity index (χ4v) is 3.87. The summed E-state index contributed by atoms with van der Waals surface area (Å²) in [6, 6.07) is 0. The number of nitrogens with one attached hydrogen (secondary N) is 1. The monoisotopic (exact) mass is 311 g/mol. The normalized spacial score (nSPS) is 14.2. The molecule has 0 amide bonds. The molecule has 0 aromatic heterocycles. The van der Waals surface area contributed by atoms with E-state index in [1.807, 2.05) is 0 Å². The number of nitrogens with zero attached hydrogens (tertiary/aromatic N) is 1. The number of hydrogen-bond donors (Lipinski definition) is 3. The first kappa shape index (κ1) is 17.8. The van der Waals surface area contributed by atoms with Gasteiger partial charge in [0.25, 0.3) is 0 Å². The third-order valence-corrected chi connectivity index (χ3v) is 4.74. The quantitative estimate of drug-likeness (QED) is 0.356. The molecule has 104 valence electrons. The van der Waals surface area contributed by atoms with Crippen LogP contribution >= 0.6 is 35.7 Å². The molecular formula is C9H15N2O4S3-. The van der Waals surface area contributed by atoms with Crippen molar-refractivity contribution in [3.8, 4) is 0 Å². The van der Waals surface area contributed by atoms with Gasteiger partial charge >= 0.3 is 5.97 Å². The summed E-state index contributed by atoms with van der Waals surface area (Å²) in [6.45, 7) is 1.69. The van der Waals surface area contributed by atoms with E-state index in [2.05, 4.69) is 0 Å². The molecule has 0 spiro atoms. The van der Waals surface area contributed by atoms with Gasteiger partial charge < -0.3 is 20.9 Å². The molecule has 18 heavy (non-hydrogen) atoms. The van der Waals surface area contributed by atoms with Gasteiger partial charge in [0, 0.05) is 24.9 Å². The highest BCUT2D eigenvalue weighted by Gasteiger charge is 2.25. The summed E-state index contributed by atoms with van der Waals surface area (Å²) in [5.41, 5.74) is 0. The van der Waals surface area contributed by atoms with Crippen LogP contribution in [0.1, 0.15) is 19.8 Å². The predicted molar refractivity (Wildman–Crippen MR) is 78.6 cm³/mol. The fraction of sp³-hybridized carbons (Fsp3) is 0.667. The van der Waals surface area contributed by atoms with Crippen molar-refractivity contribution >= 4 is 51.5 Å². The first-order valence-electron chi connectivity index (χ1n) is 5.02. The maximum absolute atomic E-state index is 10.5. The molecule has 9 heteroatoms. The van der Waals surface area contributed by atoms with E-state index in [0.717, 1.165) is 0 Å². The average Bonchev–Trinajstić information content (AvgIpc) is 2.26. The molecule has 0 aliphatic heterocycles. The Labute approximate surface area is 119 Å². The Morgan fingerprint density at radius 2 is 2.28 bits per heavy atom. The van der Waals surface area contributed by atoms with Crippen molar-refractivity contribution in [3.05, 3.63) is 5.21 Å². The van der Waals surface area contributed by atoms with Crippen LogP contribution in [-0.2, 0) is 4.79 Å². The first-order chi connectivity index (χ1) is 8.29. The van der Waals surface area contributed by atoms with Gasteiger partial charge in [0.2, 0.25) is 0 Å². The highest BCUT2D eigenvalue weighted by Crippen LogP contribution is 2.33. The van der Waals surface area contributed by atoms with Crippen LogP contribution in [0.3, 0.4) is 0 Å². The van der Waals surface area contributed by atoms with E-state index in [1.165, 1.54) is 29.7 Å². The van der Waals surface area contributed by atoms with Crippen LogP contribution < -0.4 is 0 Å². The van der Waals surface area contributed by atoms with E-state index in [1.54, 1.807) is 6.92 Å². The number of hydrogen-bond acceptors (Lipinski definition) is 8. The van der Waals surface area contributed by atoms with Crippen LogP contribution in [-0.4, -0.2) is 48.3 Å². The van der Waals surface area contributed by atoms with Gasteiger partial charge in [-0.25, -0.2) is 0 Å². The van der Waals surface area contributed by atoms with Gasteiger partial charge in [-0.2, -0.15) is 0 Å². The van der Waals surface area contributed by atoms with Crippen molar-refractivity contribution < 1.29 is 15.1 Å². The lowest BCUT2D eigenvalue weighted by molar-refractivity contribution is -0.137. The van der Waals surface area contributed by atoms with Gasteiger partial charge in [0.05, 0.1) is 4.75 Å². The van der Waals surface area contributed by atoms with E-state index >= 15 is 0 Å². The van der Waals surface area contributed by atoms with E-state index in [-0.39, 0.29) is 18.2 Å². The lowest BCUT2D eigenvalue weighted by Crippen LogP contribution is -2.24. The summed E-state index contributed by atoms with van der Waals surface area (Å²) in [7, 11) is 0. The minimum Gasteiger partial charge on any atom is -0.762 e. The third-order valence-electron chi connectivity index (χ3n) is 1.96. The summed E-state index contributed by atoms with van der Waals surface area (Å²) in [4.78, 5) is 10.5. The largest absolute Gasteiger partial charge is 0.762 e. The number of thioether (sulfide) groups is 2. The summed E-state index contributed by atoms with van der Waals surface area (Å²) in [6.07, 6.45) is 1.46. The second-order valence-corrected chi connectivity index (χ2v) is 7.46. The number of rotatable bonds is 8. The Hall–Kier alpha value is -0.190. The number of thiocarbonyl (C=S) groups is 1. The zero-order valence-electron chi connectivity index (χ0n) is 9.79. The van der Waals surface area contributed by atoms with Crippen molar-refractivity contribution in [2.75, 3.05) is 12.3 Å². The number of carbonyl (C=O) groups is 1. The maximum Gasteiger partial charge on any atom is 0.303 e. The number of hydroxylamine groups is 2. The Morgan fingerprint density at radius 3 is 2.72 bits per heavy atom. The van der Waals surface area contributed by atoms with Crippen LogP contribution in [0.25, 0.3) is 0 Å². The van der Waals surface area contributed by atoms with Crippen molar-refractivity contribution in [3.63, 3.8) is 0 Å². The third kappa shape index (κ3) is 8.84. The molecule has 0 radical (unpaired) electrons. The summed E-state index contributed by atoms with van der Waals surface area (Å²) < 4.78 is -0.132. The maximum atomic E-state index is 10.5. The van der Waals surface area contributed by atoms with Gasteiger partial charge in [-0.1, -0.05) is 24.0 Å². The molecule has 0 aromatic carbocycles. The van der Waals surface area contributed by atoms with Gasteiger partial charge in [-0.05, 0) is 13.3 Å².